The molecule has 3 N–H and O–H groups in total. The number of hydrogen-bond donors (Lipinski definition) is 3. The number of rotatable bonds is 11. The monoisotopic (exact) mass is 715 g/mol. The molecule has 272 valence electrons. The number of likely N-dealkylation sites (tertiary alicyclic amines) is 1. The van der Waals surface area contributed by atoms with Crippen LogP contribution >= 0.6 is 0 Å². The summed E-state index contributed by atoms with van der Waals surface area (Å²) in [5.41, 5.74) is 7.04. The van der Waals surface area contributed by atoms with Gasteiger partial charge in [0.05, 0.1) is 46.3 Å². The number of aromatic nitrogens is 4. The Balaban J connectivity index is 0.771. The molecule has 0 spiro atoms. The third-order valence-electron chi connectivity index (χ3n) is 10.7. The highest BCUT2D eigenvalue weighted by molar-refractivity contribution is 6.23. The lowest BCUT2D eigenvalue weighted by Gasteiger charge is -2.32. The fourth-order valence-electron chi connectivity index (χ4n) is 7.72. The number of fused-ring (bicyclic) bond motifs is 2. The third kappa shape index (κ3) is 6.88. The zero-order chi connectivity index (χ0) is 36.5. The van der Waals surface area contributed by atoms with Gasteiger partial charge in [-0.25, -0.2) is 4.98 Å². The summed E-state index contributed by atoms with van der Waals surface area (Å²) >= 11 is 0. The first kappa shape index (κ1) is 34.2. The number of piperidine rings is 2. The molecule has 6 heterocycles. The van der Waals surface area contributed by atoms with E-state index in [4.69, 9.17) is 9.97 Å². The molecule has 8 rings (SSSR count). The maximum absolute atomic E-state index is 13.1. The number of nitrogens with zero attached hydrogens (tertiary/aromatic N) is 6. The van der Waals surface area contributed by atoms with Gasteiger partial charge < -0.3 is 15.5 Å². The average molecular weight is 716 g/mol. The van der Waals surface area contributed by atoms with Gasteiger partial charge in [-0.15, -0.1) is 0 Å². The molecule has 5 amide bonds. The van der Waals surface area contributed by atoms with E-state index >= 15 is 0 Å². The van der Waals surface area contributed by atoms with Crippen LogP contribution in [0.15, 0.2) is 61.2 Å². The summed E-state index contributed by atoms with van der Waals surface area (Å²) in [4.78, 5) is 75.5. The van der Waals surface area contributed by atoms with E-state index < -0.39 is 29.7 Å². The number of anilines is 1. The van der Waals surface area contributed by atoms with Crippen molar-refractivity contribution in [2.75, 3.05) is 31.5 Å². The van der Waals surface area contributed by atoms with Crippen LogP contribution in [-0.2, 0) is 14.4 Å². The predicted octanol–water partition coefficient (Wildman–Crippen LogP) is 4.06. The van der Waals surface area contributed by atoms with Gasteiger partial charge in [-0.05, 0) is 68.4 Å². The number of imide groups is 2. The molecule has 0 saturated carbocycles. The van der Waals surface area contributed by atoms with Crippen molar-refractivity contribution in [1.82, 2.24) is 40.2 Å². The normalized spacial score (nSPS) is 19.0. The fraction of sp³-hybridized carbons (Fsp3) is 0.385. The molecular weight excluding hydrogens is 674 g/mol. The van der Waals surface area contributed by atoms with Crippen LogP contribution in [-0.4, -0.2) is 91.3 Å². The van der Waals surface area contributed by atoms with E-state index in [2.05, 4.69) is 33.3 Å². The molecule has 0 radical (unpaired) electrons. The van der Waals surface area contributed by atoms with Crippen LogP contribution in [0.2, 0.25) is 0 Å². The Labute approximate surface area is 306 Å². The molecule has 0 bridgehead atoms. The van der Waals surface area contributed by atoms with Crippen LogP contribution in [0.1, 0.15) is 90.1 Å². The standard InChI is InChI=1S/C39H41N9O5/c49-34-11-10-33(37(51)45-34)48-38(52)29-9-8-26(19-30(29)39(48)53)41-15-3-1-2-7-35(50)46-17-13-27(14-18-46)47-23-25(21-43-47)32-22-42-31-6-4-5-28(36(31)44-32)24-12-16-40-20-24/h4-6,8-9,19-23,27,33,40-41H,1-3,7,10-18H2,(H,45,49,51). The van der Waals surface area contributed by atoms with Crippen molar-refractivity contribution < 1.29 is 24.0 Å². The first-order valence-corrected chi connectivity index (χ1v) is 18.4. The van der Waals surface area contributed by atoms with Crippen LogP contribution in [0.25, 0.3) is 27.9 Å². The van der Waals surface area contributed by atoms with Gasteiger partial charge in [0.2, 0.25) is 17.7 Å². The zero-order valence-electron chi connectivity index (χ0n) is 29.3. The third-order valence-corrected chi connectivity index (χ3v) is 10.7. The Morgan fingerprint density at radius 2 is 1.75 bits per heavy atom. The highest BCUT2D eigenvalue weighted by atomic mass is 16.2. The molecular formula is C39H41N9O5. The van der Waals surface area contributed by atoms with Crippen molar-refractivity contribution in [1.29, 1.82) is 0 Å². The smallest absolute Gasteiger partial charge is 0.262 e. The minimum atomic E-state index is -0.987. The topological polar surface area (TPSA) is 172 Å². The van der Waals surface area contributed by atoms with E-state index in [0.717, 1.165) is 77.8 Å². The summed E-state index contributed by atoms with van der Waals surface area (Å²) in [6.45, 7) is 2.97. The number of carbonyl (C=O) groups is 5. The zero-order valence-corrected chi connectivity index (χ0v) is 29.3. The molecule has 1 atom stereocenters. The molecule has 2 saturated heterocycles. The second kappa shape index (κ2) is 14.6. The van der Waals surface area contributed by atoms with Crippen molar-refractivity contribution in [2.24, 2.45) is 0 Å². The van der Waals surface area contributed by atoms with Gasteiger partial charge in [-0.1, -0.05) is 18.6 Å². The Kier molecular flexibility index (Phi) is 9.42. The lowest BCUT2D eigenvalue weighted by molar-refractivity contribution is -0.136. The van der Waals surface area contributed by atoms with Crippen molar-refractivity contribution in [2.45, 2.75) is 69.9 Å². The highest BCUT2D eigenvalue weighted by Gasteiger charge is 2.44. The Morgan fingerprint density at radius 1 is 0.906 bits per heavy atom. The number of para-hydroxylation sites is 1. The summed E-state index contributed by atoms with van der Waals surface area (Å²) in [6.07, 6.45) is 13.6. The van der Waals surface area contributed by atoms with Gasteiger partial charge in [0.15, 0.2) is 0 Å². The van der Waals surface area contributed by atoms with E-state index in [0.29, 0.717) is 31.7 Å². The molecule has 4 aliphatic rings. The van der Waals surface area contributed by atoms with Crippen molar-refractivity contribution in [3.63, 3.8) is 0 Å². The molecule has 4 aromatic rings. The lowest BCUT2D eigenvalue weighted by atomic mass is 10.0. The Hall–Kier alpha value is -5.92. The van der Waals surface area contributed by atoms with Gasteiger partial charge in [0.1, 0.15) is 6.04 Å². The maximum Gasteiger partial charge on any atom is 0.262 e. The second-order valence-electron chi connectivity index (χ2n) is 14.1. The Morgan fingerprint density at radius 3 is 2.57 bits per heavy atom. The maximum atomic E-state index is 13.1. The number of amides is 5. The average Bonchev–Trinajstić information content (AvgIpc) is 3.94. The van der Waals surface area contributed by atoms with Gasteiger partial charge in [-0.2, -0.15) is 5.10 Å². The van der Waals surface area contributed by atoms with Crippen molar-refractivity contribution >= 4 is 51.8 Å². The molecule has 53 heavy (non-hydrogen) atoms. The number of unbranched alkanes of at least 4 members (excludes halogenated alkanes) is 2. The molecule has 14 heteroatoms. The molecule has 1 unspecified atom stereocenters. The summed E-state index contributed by atoms with van der Waals surface area (Å²) in [7, 11) is 0. The van der Waals surface area contributed by atoms with Gasteiger partial charge >= 0.3 is 0 Å². The van der Waals surface area contributed by atoms with Crippen LogP contribution in [0, 0.1) is 0 Å². The van der Waals surface area contributed by atoms with Crippen LogP contribution < -0.4 is 16.0 Å². The molecule has 2 aromatic heterocycles. The van der Waals surface area contributed by atoms with Crippen LogP contribution in [0.3, 0.4) is 0 Å². The minimum absolute atomic E-state index is 0.0798. The van der Waals surface area contributed by atoms with Crippen molar-refractivity contribution in [3.05, 3.63) is 77.9 Å². The van der Waals surface area contributed by atoms with Gasteiger partial charge in [0.25, 0.3) is 11.8 Å². The van der Waals surface area contributed by atoms with E-state index in [9.17, 15) is 24.0 Å². The molecule has 4 aliphatic heterocycles. The number of hydrogen-bond acceptors (Lipinski definition) is 10. The molecule has 2 fully saturated rings. The summed E-state index contributed by atoms with van der Waals surface area (Å²) in [5, 5.41) is 13.5. The van der Waals surface area contributed by atoms with E-state index in [1.165, 1.54) is 5.57 Å². The largest absolute Gasteiger partial charge is 0.390 e. The lowest BCUT2D eigenvalue weighted by Crippen LogP contribution is -2.54. The molecule has 0 aliphatic carbocycles. The highest BCUT2D eigenvalue weighted by Crippen LogP contribution is 2.31. The minimum Gasteiger partial charge on any atom is -0.390 e. The number of nitrogens with one attached hydrogen (secondary N) is 3. The fourth-order valence-corrected chi connectivity index (χ4v) is 7.72. The van der Waals surface area contributed by atoms with Gasteiger partial charge in [0, 0.05) is 68.2 Å². The van der Waals surface area contributed by atoms with Crippen LogP contribution in [0.5, 0.6) is 0 Å². The van der Waals surface area contributed by atoms with E-state index in [1.807, 2.05) is 40.3 Å². The first-order valence-electron chi connectivity index (χ1n) is 18.4. The molecule has 14 nitrogen and oxygen atoms in total. The molecule has 2 aromatic carbocycles. The Bertz CT molecular complexity index is 2150. The summed E-state index contributed by atoms with van der Waals surface area (Å²) in [5.74, 6) is -1.90. The first-order chi connectivity index (χ1) is 25.8. The SMILES string of the molecule is O=C1CCC(N2C(=O)c3ccc(NCCCCCC(=O)N4CCC(n5cc(-c6cnc7cccc(C8=CNCC8)c7n6)cn5)CC4)cc3C2=O)C(=O)N1. The quantitative estimate of drug-likeness (QED) is 0.152. The van der Waals surface area contributed by atoms with Gasteiger partial charge in [-0.3, -0.25) is 43.9 Å². The van der Waals surface area contributed by atoms with E-state index in [1.54, 1.807) is 18.2 Å². The summed E-state index contributed by atoms with van der Waals surface area (Å²) < 4.78 is 2.01. The van der Waals surface area contributed by atoms with Crippen LogP contribution in [0.4, 0.5) is 5.69 Å². The van der Waals surface area contributed by atoms with Crippen molar-refractivity contribution in [3.8, 4) is 11.3 Å². The number of carbonyl (C=O) groups excluding carboxylic acids is 5. The predicted molar refractivity (Wildman–Crippen MR) is 196 cm³/mol. The van der Waals surface area contributed by atoms with E-state index in [-0.39, 0.29) is 35.9 Å². The second-order valence-corrected chi connectivity index (χ2v) is 14.1. The summed E-state index contributed by atoms with van der Waals surface area (Å²) in [6, 6.07) is 10.3. The number of benzene rings is 2.